The van der Waals surface area contributed by atoms with Crippen molar-refractivity contribution in [1.29, 1.82) is 0 Å². The molecule has 1 aromatic rings. The van der Waals surface area contributed by atoms with Crippen LogP contribution in [0.1, 0.15) is 110 Å². The van der Waals surface area contributed by atoms with Crippen LogP contribution in [0.25, 0.3) is 0 Å². The molecule has 0 aromatic heterocycles. The molecule has 9 atom stereocenters. The molecule has 0 radical (unpaired) electrons. The summed E-state index contributed by atoms with van der Waals surface area (Å²) in [5.74, 6) is -1.22. The van der Waals surface area contributed by atoms with Crippen LogP contribution in [-0.2, 0) is 49.3 Å². The summed E-state index contributed by atoms with van der Waals surface area (Å²) in [6, 6.07) is 3.85. The third kappa shape index (κ3) is 11.4. The number of benzene rings is 1. The van der Waals surface area contributed by atoms with Gasteiger partial charge in [0.25, 0.3) is 0 Å². The molecule has 5 aliphatic rings. The summed E-state index contributed by atoms with van der Waals surface area (Å²) in [7, 11) is 1.63. The number of amides is 4. The number of anilines is 1. The van der Waals surface area contributed by atoms with E-state index in [2.05, 4.69) is 5.32 Å². The van der Waals surface area contributed by atoms with Gasteiger partial charge in [-0.15, -0.1) is 11.8 Å². The minimum absolute atomic E-state index is 0.0660. The van der Waals surface area contributed by atoms with Crippen molar-refractivity contribution in [1.82, 2.24) is 10.2 Å². The van der Waals surface area contributed by atoms with Gasteiger partial charge in [-0.1, -0.05) is 62.2 Å². The molecule has 14 nitrogen and oxygen atoms in total. The van der Waals surface area contributed by atoms with Gasteiger partial charge in [0.1, 0.15) is 29.3 Å². The van der Waals surface area contributed by atoms with Crippen LogP contribution in [0.2, 0.25) is 5.02 Å². The SMILES string of the molecule is CCC(=O)C1CCC(CN2C(=O)CC(SCCCO[C@@H](C)C(=O)O[C@H]3CC(=O)N(C)c4cc(cc(C)c4Cl)C/C(C)=C/C=C/[C@@H](C)[C@@]4(O)CC(OC(=O)N4)[C@@H](C)[C@@H]4O[C@@]34C)C2=O)CC1. The van der Waals surface area contributed by atoms with E-state index < -0.39 is 64.9 Å². The maximum absolute atomic E-state index is 14.2. The Labute approximate surface area is 386 Å². The Morgan fingerprint density at radius 2 is 1.80 bits per heavy atom. The fraction of sp³-hybridized carbons (Fsp3) is 0.667. The van der Waals surface area contributed by atoms with E-state index in [1.54, 1.807) is 20.9 Å². The second-order valence-electron chi connectivity index (χ2n) is 18.8. The molecule has 1 aliphatic carbocycles. The first-order chi connectivity index (χ1) is 30.2. The van der Waals surface area contributed by atoms with E-state index in [9.17, 15) is 33.9 Å². The number of fused-ring (bicyclic) bond motifs is 5. The zero-order chi connectivity index (χ0) is 46.7. The van der Waals surface area contributed by atoms with Crippen molar-refractivity contribution in [3.05, 3.63) is 52.1 Å². The van der Waals surface area contributed by atoms with Crippen molar-refractivity contribution in [2.75, 3.05) is 30.9 Å². The maximum Gasteiger partial charge on any atom is 0.409 e. The van der Waals surface area contributed by atoms with Gasteiger partial charge in [-0.2, -0.15) is 0 Å². The third-order valence-electron chi connectivity index (χ3n) is 13.9. The van der Waals surface area contributed by atoms with Crippen LogP contribution >= 0.6 is 23.4 Å². The van der Waals surface area contributed by atoms with Gasteiger partial charge in [0, 0.05) is 57.2 Å². The number of rotatable bonds is 12. The van der Waals surface area contributed by atoms with Crippen molar-refractivity contribution in [3.63, 3.8) is 0 Å². The summed E-state index contributed by atoms with van der Waals surface area (Å²) in [5, 5.41) is 14.3. The van der Waals surface area contributed by atoms with Crippen molar-refractivity contribution in [2.24, 2.45) is 23.7 Å². The van der Waals surface area contributed by atoms with Crippen LogP contribution in [0, 0.1) is 30.6 Å². The van der Waals surface area contributed by atoms with Crippen LogP contribution in [0.4, 0.5) is 10.5 Å². The molecule has 2 N–H and O–H groups in total. The Morgan fingerprint density at radius 3 is 2.50 bits per heavy atom. The smallest absolute Gasteiger partial charge is 0.409 e. The van der Waals surface area contributed by atoms with Gasteiger partial charge in [0.2, 0.25) is 17.7 Å². The minimum atomic E-state index is -1.61. The standard InChI is InChI=1S/C48H66ClN3O11S/c1-9-36(53)34-16-14-32(15-17-34)26-52-41(55)23-38(44(52)56)64-19-11-18-60-31(6)45(57)62-39-24-40(54)51(8)35-22-33(21-28(3)42(35)49)20-27(2)12-10-13-29(4)48(59)25-37(61-46(58)50-48)30(5)43-47(39,7)63-43/h10,12-13,21-22,29-32,34,37-39,43,59H,9,11,14-20,23-26H2,1-8H3,(H,50,58)/b13-10+,27-12+/t29-,30-,31+,32?,34?,37?,38?,39+,43+,47+,48+/m1/s1. The average molecular weight is 929 g/mol. The number of imide groups is 1. The molecule has 3 saturated heterocycles. The second kappa shape index (κ2) is 20.8. The number of thioether (sulfide) groups is 1. The number of hydrogen-bond acceptors (Lipinski definition) is 12. The number of aryl methyl sites for hydroxylation is 1. The molecule has 4 heterocycles. The molecule has 4 amide bonds. The molecule has 16 heteroatoms. The van der Waals surface area contributed by atoms with Gasteiger partial charge in [0.15, 0.2) is 6.10 Å². The lowest BCUT2D eigenvalue weighted by Crippen LogP contribution is -2.60. The quantitative estimate of drug-likeness (QED) is 0.0947. The lowest BCUT2D eigenvalue weighted by molar-refractivity contribution is -0.165. The Bertz CT molecular complexity index is 2020. The van der Waals surface area contributed by atoms with Gasteiger partial charge in [-0.3, -0.25) is 29.4 Å². The number of esters is 1. The maximum atomic E-state index is 14.2. The number of epoxide rings is 1. The van der Waals surface area contributed by atoms with Gasteiger partial charge >= 0.3 is 12.1 Å². The fourth-order valence-corrected chi connectivity index (χ4v) is 10.9. The molecule has 4 fully saturated rings. The highest BCUT2D eigenvalue weighted by molar-refractivity contribution is 8.00. The Morgan fingerprint density at radius 1 is 1.08 bits per heavy atom. The second-order valence-corrected chi connectivity index (χ2v) is 20.5. The summed E-state index contributed by atoms with van der Waals surface area (Å²) >= 11 is 8.22. The topological polar surface area (TPSA) is 181 Å². The predicted molar refractivity (Wildman–Crippen MR) is 244 cm³/mol. The number of carbonyl (C=O) groups is 6. The number of aliphatic hydroxyl groups is 1. The summed E-state index contributed by atoms with van der Waals surface area (Å²) < 4.78 is 24.0. The van der Waals surface area contributed by atoms with Crippen LogP contribution in [0.3, 0.4) is 0 Å². The van der Waals surface area contributed by atoms with Crippen molar-refractivity contribution in [2.45, 2.75) is 154 Å². The molecule has 2 unspecified atom stereocenters. The summed E-state index contributed by atoms with van der Waals surface area (Å²) in [4.78, 5) is 81.9. The van der Waals surface area contributed by atoms with Gasteiger partial charge in [-0.05, 0) is 95.1 Å². The highest BCUT2D eigenvalue weighted by atomic mass is 35.5. The lowest BCUT2D eigenvalue weighted by Gasteiger charge is -2.41. The lowest BCUT2D eigenvalue weighted by atomic mass is 9.79. The van der Waals surface area contributed by atoms with Crippen LogP contribution < -0.4 is 10.2 Å². The summed E-state index contributed by atoms with van der Waals surface area (Å²) in [5.41, 5.74) is 0.478. The number of hydrogen-bond donors (Lipinski definition) is 2. The number of likely N-dealkylation sites (tertiary alicyclic amines) is 1. The van der Waals surface area contributed by atoms with Crippen molar-refractivity contribution < 1.29 is 52.8 Å². The van der Waals surface area contributed by atoms with Crippen LogP contribution in [0.5, 0.6) is 0 Å². The highest BCUT2D eigenvalue weighted by Crippen LogP contribution is 2.49. The van der Waals surface area contributed by atoms with E-state index >= 15 is 0 Å². The zero-order valence-corrected chi connectivity index (χ0v) is 40.1. The zero-order valence-electron chi connectivity index (χ0n) is 38.5. The van der Waals surface area contributed by atoms with Crippen molar-refractivity contribution in [3.8, 4) is 0 Å². The molecular formula is C48H66ClN3O11S. The van der Waals surface area contributed by atoms with Gasteiger partial charge < -0.3 is 29.0 Å². The first-order valence-corrected chi connectivity index (χ1v) is 24.3. The number of nitrogens with zero attached hydrogens (tertiary/aromatic N) is 2. The third-order valence-corrected chi connectivity index (χ3v) is 15.7. The number of halogens is 1. The number of Topliss-reactive ketones (excluding diaryl/α,β-unsaturated/α-hetero) is 1. The highest BCUT2D eigenvalue weighted by Gasteiger charge is 2.64. The van der Waals surface area contributed by atoms with Crippen molar-refractivity contribution >= 4 is 64.6 Å². The Balaban J connectivity index is 1.09. The normalized spacial score (nSPS) is 34.2. The number of alkyl carbamates (subject to hydrolysis) is 1. The summed E-state index contributed by atoms with van der Waals surface area (Å²) in [6.45, 7) is 13.3. The Kier molecular flexibility index (Phi) is 16.2. The van der Waals surface area contributed by atoms with E-state index in [1.807, 2.05) is 65.0 Å². The van der Waals surface area contributed by atoms with E-state index in [1.165, 1.54) is 21.6 Å². The largest absolute Gasteiger partial charge is 0.457 e. The van der Waals surface area contributed by atoms with E-state index in [4.69, 9.17) is 30.5 Å². The number of allylic oxidation sites excluding steroid dienone is 3. The molecule has 352 valence electrons. The molecule has 4 aliphatic heterocycles. The molecule has 6 rings (SSSR count). The predicted octanol–water partition coefficient (Wildman–Crippen LogP) is 7.03. The molecule has 64 heavy (non-hydrogen) atoms. The first-order valence-electron chi connectivity index (χ1n) is 22.8. The number of carbonyl (C=O) groups excluding carboxylic acids is 6. The van der Waals surface area contributed by atoms with Gasteiger partial charge in [0.05, 0.1) is 28.5 Å². The van der Waals surface area contributed by atoms with E-state index in [0.29, 0.717) is 48.1 Å². The number of ketones is 1. The monoisotopic (exact) mass is 927 g/mol. The fourth-order valence-electron chi connectivity index (χ4n) is 9.58. The average Bonchev–Trinajstić information content (AvgIpc) is 3.88. The van der Waals surface area contributed by atoms with Crippen LogP contribution in [-0.4, -0.2) is 113 Å². The molecule has 1 aromatic carbocycles. The Hall–Kier alpha value is -3.76. The molecule has 1 saturated carbocycles. The number of nitrogens with one attached hydrogen (secondary N) is 1. The summed E-state index contributed by atoms with van der Waals surface area (Å²) in [6.07, 6.45) is 6.27. The first kappa shape index (κ1) is 49.7. The van der Waals surface area contributed by atoms with Gasteiger partial charge in [-0.25, -0.2) is 9.59 Å². The van der Waals surface area contributed by atoms with E-state index in [0.717, 1.165) is 42.4 Å². The van der Waals surface area contributed by atoms with Crippen LogP contribution in [0.15, 0.2) is 35.9 Å². The minimum Gasteiger partial charge on any atom is -0.457 e. The van der Waals surface area contributed by atoms with E-state index in [-0.39, 0.29) is 55.4 Å². The molecule has 4 bridgehead atoms. The number of ether oxygens (including phenoxy) is 4. The molecular weight excluding hydrogens is 862 g/mol. The molecule has 0 spiro atoms.